The van der Waals surface area contributed by atoms with Gasteiger partial charge in [0, 0.05) is 5.56 Å². The molecule has 0 aliphatic carbocycles. The molecule has 2 aromatic heterocycles. The highest BCUT2D eigenvalue weighted by molar-refractivity contribution is 5.52. The van der Waals surface area contributed by atoms with Crippen LogP contribution in [0.5, 0.6) is 0 Å². The second-order valence-electron chi connectivity index (χ2n) is 4.26. The van der Waals surface area contributed by atoms with E-state index in [-0.39, 0.29) is 18.3 Å². The van der Waals surface area contributed by atoms with E-state index in [1.54, 1.807) is 12.1 Å². The highest BCUT2D eigenvalue weighted by Gasteiger charge is 2.16. The summed E-state index contributed by atoms with van der Waals surface area (Å²) in [7, 11) is 0. The lowest BCUT2D eigenvalue weighted by molar-refractivity contribution is -0.392. The summed E-state index contributed by atoms with van der Waals surface area (Å²) in [5, 5.41) is 14.7. The van der Waals surface area contributed by atoms with Gasteiger partial charge in [-0.3, -0.25) is 0 Å². The summed E-state index contributed by atoms with van der Waals surface area (Å²) in [4.78, 5) is 14.4. The zero-order chi connectivity index (χ0) is 14.8. The standard InChI is InChI=1S/C13H9FN4O3/c14-10-3-1-2-9(6-10)13-16-11(8-21-13)7-17-12(18(19)20)4-5-15-17/h1-6,8H,7H2. The van der Waals surface area contributed by atoms with Crippen LogP contribution in [0.25, 0.3) is 11.5 Å². The Morgan fingerprint density at radius 2 is 2.24 bits per heavy atom. The SMILES string of the molecule is O=[N+]([O-])c1ccnn1Cc1coc(-c2cccc(F)c2)n1. The van der Waals surface area contributed by atoms with Crippen LogP contribution < -0.4 is 0 Å². The second-order valence-corrected chi connectivity index (χ2v) is 4.26. The number of hydrogen-bond acceptors (Lipinski definition) is 5. The lowest BCUT2D eigenvalue weighted by Crippen LogP contribution is -2.06. The van der Waals surface area contributed by atoms with E-state index in [4.69, 9.17) is 4.42 Å². The number of benzene rings is 1. The van der Waals surface area contributed by atoms with Gasteiger partial charge in [-0.05, 0) is 23.1 Å². The number of oxazole rings is 1. The van der Waals surface area contributed by atoms with Gasteiger partial charge >= 0.3 is 5.82 Å². The molecule has 0 N–H and O–H groups in total. The molecular formula is C13H9FN4O3. The molecule has 3 rings (SSSR count). The Morgan fingerprint density at radius 3 is 3.00 bits per heavy atom. The number of hydrogen-bond donors (Lipinski definition) is 0. The van der Waals surface area contributed by atoms with Crippen molar-refractivity contribution in [2.24, 2.45) is 0 Å². The molecule has 8 heteroatoms. The third-order valence-corrected chi connectivity index (χ3v) is 2.82. The van der Waals surface area contributed by atoms with Crippen LogP contribution in [0.2, 0.25) is 0 Å². The molecule has 0 aliphatic heterocycles. The van der Waals surface area contributed by atoms with Gasteiger partial charge in [0.2, 0.25) is 5.89 Å². The normalized spacial score (nSPS) is 10.7. The van der Waals surface area contributed by atoms with Gasteiger partial charge in [0.1, 0.15) is 17.8 Å². The highest BCUT2D eigenvalue weighted by atomic mass is 19.1. The van der Waals surface area contributed by atoms with Gasteiger partial charge in [-0.25, -0.2) is 9.37 Å². The largest absolute Gasteiger partial charge is 0.444 e. The van der Waals surface area contributed by atoms with Gasteiger partial charge in [0.15, 0.2) is 6.54 Å². The van der Waals surface area contributed by atoms with Crippen molar-refractivity contribution in [3.05, 3.63) is 64.4 Å². The van der Waals surface area contributed by atoms with Crippen LogP contribution in [-0.2, 0) is 6.54 Å². The summed E-state index contributed by atoms with van der Waals surface area (Å²) in [6.07, 6.45) is 2.71. The van der Waals surface area contributed by atoms with Crippen LogP contribution in [0.3, 0.4) is 0 Å². The van der Waals surface area contributed by atoms with Crippen LogP contribution in [0, 0.1) is 15.9 Å². The minimum atomic E-state index is -0.527. The third-order valence-electron chi connectivity index (χ3n) is 2.82. The van der Waals surface area contributed by atoms with Crippen molar-refractivity contribution in [2.75, 3.05) is 0 Å². The molecule has 106 valence electrons. The average Bonchev–Trinajstić information content (AvgIpc) is 3.08. The van der Waals surface area contributed by atoms with E-state index in [2.05, 4.69) is 10.1 Å². The first-order valence-corrected chi connectivity index (χ1v) is 6.00. The molecule has 7 nitrogen and oxygen atoms in total. The molecule has 0 radical (unpaired) electrons. The monoisotopic (exact) mass is 288 g/mol. The molecule has 0 fully saturated rings. The molecule has 0 saturated heterocycles. The van der Waals surface area contributed by atoms with Gasteiger partial charge in [0.05, 0.1) is 12.3 Å². The summed E-state index contributed by atoms with van der Waals surface area (Å²) >= 11 is 0. The summed E-state index contributed by atoms with van der Waals surface area (Å²) in [6, 6.07) is 7.13. The van der Waals surface area contributed by atoms with E-state index in [0.717, 1.165) is 0 Å². The smallest absolute Gasteiger partial charge is 0.345 e. The predicted molar refractivity (Wildman–Crippen MR) is 69.9 cm³/mol. The Morgan fingerprint density at radius 1 is 1.38 bits per heavy atom. The van der Waals surface area contributed by atoms with E-state index in [9.17, 15) is 14.5 Å². The molecule has 2 heterocycles. The first kappa shape index (κ1) is 13.0. The quantitative estimate of drug-likeness (QED) is 0.544. The number of halogens is 1. The fraction of sp³-hybridized carbons (Fsp3) is 0.0769. The van der Waals surface area contributed by atoms with Crippen LogP contribution in [0.15, 0.2) is 47.2 Å². The van der Waals surface area contributed by atoms with E-state index in [1.807, 2.05) is 0 Å². The van der Waals surface area contributed by atoms with Crippen LogP contribution >= 0.6 is 0 Å². The fourth-order valence-electron chi connectivity index (χ4n) is 1.89. The summed E-state index contributed by atoms with van der Waals surface area (Å²) in [6.45, 7) is 0.0993. The molecule has 0 spiro atoms. The molecule has 0 saturated carbocycles. The molecule has 3 aromatic rings. The van der Waals surface area contributed by atoms with Crippen molar-refractivity contribution in [1.29, 1.82) is 0 Å². The molecule has 1 aromatic carbocycles. The summed E-state index contributed by atoms with van der Waals surface area (Å²) in [5.41, 5.74) is 0.956. The molecule has 0 aliphatic rings. The molecule has 0 amide bonds. The number of nitrogens with zero attached hydrogens (tertiary/aromatic N) is 4. The zero-order valence-corrected chi connectivity index (χ0v) is 10.6. The first-order chi connectivity index (χ1) is 10.1. The first-order valence-electron chi connectivity index (χ1n) is 6.00. The highest BCUT2D eigenvalue weighted by Crippen LogP contribution is 2.20. The van der Waals surface area contributed by atoms with Crippen molar-refractivity contribution in [2.45, 2.75) is 6.54 Å². The van der Waals surface area contributed by atoms with Crippen LogP contribution in [0.1, 0.15) is 5.69 Å². The summed E-state index contributed by atoms with van der Waals surface area (Å²) < 4.78 is 19.6. The number of nitro groups is 1. The third kappa shape index (κ3) is 2.64. The van der Waals surface area contributed by atoms with Gasteiger partial charge in [-0.2, -0.15) is 0 Å². The minimum absolute atomic E-state index is 0.0993. The van der Waals surface area contributed by atoms with Gasteiger partial charge in [0.25, 0.3) is 0 Å². The Balaban J connectivity index is 1.85. The van der Waals surface area contributed by atoms with Gasteiger partial charge in [-0.15, -0.1) is 4.68 Å². The Hall–Kier alpha value is -3.03. The maximum absolute atomic E-state index is 13.1. The Bertz CT molecular complexity index is 796. The molecule has 0 atom stereocenters. The minimum Gasteiger partial charge on any atom is -0.444 e. The summed E-state index contributed by atoms with van der Waals surface area (Å²) in [5.74, 6) is -0.278. The van der Waals surface area contributed by atoms with Crippen molar-refractivity contribution in [1.82, 2.24) is 14.8 Å². The topological polar surface area (TPSA) is 87.0 Å². The molecule has 0 bridgehead atoms. The Kier molecular flexibility index (Phi) is 3.19. The average molecular weight is 288 g/mol. The lowest BCUT2D eigenvalue weighted by Gasteiger charge is -1.96. The number of aromatic nitrogens is 3. The van der Waals surface area contributed by atoms with Crippen molar-refractivity contribution in [3.63, 3.8) is 0 Å². The van der Waals surface area contributed by atoms with E-state index < -0.39 is 10.7 Å². The van der Waals surface area contributed by atoms with Crippen LogP contribution in [-0.4, -0.2) is 19.7 Å². The van der Waals surface area contributed by atoms with E-state index >= 15 is 0 Å². The number of rotatable bonds is 4. The fourth-order valence-corrected chi connectivity index (χ4v) is 1.89. The molecule has 21 heavy (non-hydrogen) atoms. The van der Waals surface area contributed by atoms with Gasteiger partial charge in [-0.1, -0.05) is 11.2 Å². The molecular weight excluding hydrogens is 279 g/mol. The maximum Gasteiger partial charge on any atom is 0.345 e. The van der Waals surface area contributed by atoms with Crippen molar-refractivity contribution < 1.29 is 13.7 Å². The second kappa shape index (κ2) is 5.16. The molecule has 0 unspecified atom stereocenters. The van der Waals surface area contributed by atoms with Gasteiger partial charge < -0.3 is 14.5 Å². The lowest BCUT2D eigenvalue weighted by atomic mass is 10.2. The maximum atomic E-state index is 13.1. The zero-order valence-electron chi connectivity index (χ0n) is 10.6. The van der Waals surface area contributed by atoms with Crippen molar-refractivity contribution >= 4 is 5.82 Å². The van der Waals surface area contributed by atoms with Crippen molar-refractivity contribution in [3.8, 4) is 11.5 Å². The van der Waals surface area contributed by atoms with Crippen LogP contribution in [0.4, 0.5) is 10.2 Å². The Labute approximate surface area is 117 Å². The van der Waals surface area contributed by atoms with E-state index in [0.29, 0.717) is 11.3 Å². The predicted octanol–water partition coefficient (Wildman–Crippen LogP) is 2.63. The van der Waals surface area contributed by atoms with E-state index in [1.165, 1.54) is 35.3 Å².